The van der Waals surface area contributed by atoms with Crippen LogP contribution in [0.4, 0.5) is 0 Å². The maximum atomic E-state index is 11.2. The number of hydrogen-bond donors (Lipinski definition) is 0. The van der Waals surface area contributed by atoms with Crippen LogP contribution in [-0.4, -0.2) is 18.3 Å². The van der Waals surface area contributed by atoms with Crippen LogP contribution in [0.2, 0.25) is 0 Å². The fraction of sp³-hybridized carbons (Fsp3) is 0.500. The van der Waals surface area contributed by atoms with E-state index in [0.717, 1.165) is 4.90 Å². The van der Waals surface area contributed by atoms with Crippen molar-refractivity contribution in [3.05, 3.63) is 29.8 Å². The van der Waals surface area contributed by atoms with Crippen molar-refractivity contribution in [2.45, 2.75) is 38.0 Å². The topological polar surface area (TPSA) is 26.3 Å². The largest absolute Gasteiger partial charge is 0.465 e. The summed E-state index contributed by atoms with van der Waals surface area (Å²) in [6.45, 7) is 8.83. The Balaban J connectivity index is 2.54. The van der Waals surface area contributed by atoms with Crippen LogP contribution in [0.3, 0.4) is 0 Å². The summed E-state index contributed by atoms with van der Waals surface area (Å²) < 4.78 is 4.88. The van der Waals surface area contributed by atoms with Crippen molar-refractivity contribution in [2.75, 3.05) is 12.4 Å². The molecule has 0 fully saturated rings. The molecule has 94 valence electrons. The lowest BCUT2D eigenvalue weighted by Crippen LogP contribution is -2.10. The van der Waals surface area contributed by atoms with Gasteiger partial charge in [0.2, 0.25) is 0 Å². The molecule has 2 nitrogen and oxygen atoms in total. The molecule has 3 heteroatoms. The van der Waals surface area contributed by atoms with Gasteiger partial charge < -0.3 is 4.74 Å². The van der Waals surface area contributed by atoms with Crippen LogP contribution in [-0.2, 0) is 14.9 Å². The Morgan fingerprint density at radius 2 is 1.82 bits per heavy atom. The summed E-state index contributed by atoms with van der Waals surface area (Å²) in [4.78, 5) is 12.3. The number of carbonyl (C=O) groups excluding carboxylic acids is 1. The quantitative estimate of drug-likeness (QED) is 0.604. The summed E-state index contributed by atoms with van der Waals surface area (Å²) in [6, 6.07) is 8.36. The second-order valence-corrected chi connectivity index (χ2v) is 5.92. The molecule has 0 unspecified atom stereocenters. The molecular weight excluding hydrogens is 232 g/mol. The van der Waals surface area contributed by atoms with E-state index in [-0.39, 0.29) is 11.4 Å². The van der Waals surface area contributed by atoms with Gasteiger partial charge in [0.15, 0.2) is 0 Å². The zero-order valence-corrected chi connectivity index (χ0v) is 11.8. The molecule has 0 spiro atoms. The Kier molecular flexibility index (Phi) is 5.06. The van der Waals surface area contributed by atoms with Crippen molar-refractivity contribution in [1.82, 2.24) is 0 Å². The molecule has 0 aliphatic heterocycles. The van der Waals surface area contributed by atoms with Gasteiger partial charge >= 0.3 is 5.97 Å². The highest BCUT2D eigenvalue weighted by Crippen LogP contribution is 2.25. The third-order valence-electron chi connectivity index (χ3n) is 2.38. The lowest BCUT2D eigenvalue weighted by Gasteiger charge is -2.18. The van der Waals surface area contributed by atoms with Crippen molar-refractivity contribution >= 4 is 17.7 Å². The predicted molar refractivity (Wildman–Crippen MR) is 72.5 cm³/mol. The molecule has 0 radical (unpaired) electrons. The number of benzene rings is 1. The molecule has 0 saturated heterocycles. The van der Waals surface area contributed by atoms with E-state index in [0.29, 0.717) is 12.4 Å². The highest BCUT2D eigenvalue weighted by atomic mass is 32.2. The van der Waals surface area contributed by atoms with Crippen LogP contribution in [0.25, 0.3) is 0 Å². The number of carbonyl (C=O) groups is 1. The molecule has 0 aliphatic rings. The van der Waals surface area contributed by atoms with E-state index in [1.165, 1.54) is 17.3 Å². The first-order chi connectivity index (χ1) is 7.93. The third-order valence-corrected chi connectivity index (χ3v) is 3.37. The Morgan fingerprint density at radius 3 is 2.29 bits per heavy atom. The fourth-order valence-corrected chi connectivity index (χ4v) is 2.09. The van der Waals surface area contributed by atoms with Gasteiger partial charge in [0.25, 0.3) is 0 Å². The Morgan fingerprint density at radius 1 is 1.24 bits per heavy atom. The number of thioether (sulfide) groups is 1. The third kappa shape index (κ3) is 4.82. The highest BCUT2D eigenvalue weighted by molar-refractivity contribution is 8.00. The summed E-state index contributed by atoms with van der Waals surface area (Å²) in [5.41, 5.74) is 1.47. The average Bonchev–Trinajstić information content (AvgIpc) is 2.26. The van der Waals surface area contributed by atoms with Gasteiger partial charge in [-0.3, -0.25) is 4.79 Å². The maximum Gasteiger partial charge on any atom is 0.316 e. The fourth-order valence-electron chi connectivity index (χ4n) is 1.40. The molecule has 17 heavy (non-hydrogen) atoms. The SMILES string of the molecule is CCOC(=O)CSc1ccc(C(C)(C)C)cc1. The Hall–Kier alpha value is -0.960. The Bertz CT molecular complexity index is 363. The first-order valence-corrected chi connectivity index (χ1v) is 6.81. The molecule has 0 atom stereocenters. The molecule has 1 aromatic carbocycles. The van der Waals surface area contributed by atoms with Crippen molar-refractivity contribution in [2.24, 2.45) is 0 Å². The number of hydrogen-bond acceptors (Lipinski definition) is 3. The van der Waals surface area contributed by atoms with E-state index in [2.05, 4.69) is 45.0 Å². The summed E-state index contributed by atoms with van der Waals surface area (Å²) >= 11 is 1.51. The predicted octanol–water partition coefficient (Wildman–Crippen LogP) is 3.64. The van der Waals surface area contributed by atoms with Crippen LogP contribution in [0.15, 0.2) is 29.2 Å². The lowest BCUT2D eigenvalue weighted by atomic mass is 9.87. The minimum absolute atomic E-state index is 0.155. The normalized spacial score (nSPS) is 11.3. The highest BCUT2D eigenvalue weighted by Gasteiger charge is 2.13. The summed E-state index contributed by atoms with van der Waals surface area (Å²) in [5.74, 6) is 0.222. The Labute approximate surface area is 108 Å². The number of esters is 1. The van der Waals surface area contributed by atoms with Crippen molar-refractivity contribution in [3.8, 4) is 0 Å². The van der Waals surface area contributed by atoms with Gasteiger partial charge in [0.1, 0.15) is 0 Å². The first kappa shape index (κ1) is 14.1. The van der Waals surface area contributed by atoms with Crippen molar-refractivity contribution in [3.63, 3.8) is 0 Å². The van der Waals surface area contributed by atoms with Crippen molar-refractivity contribution < 1.29 is 9.53 Å². The average molecular weight is 252 g/mol. The molecule has 0 heterocycles. The van der Waals surface area contributed by atoms with E-state index < -0.39 is 0 Å². The van der Waals surface area contributed by atoms with Crippen LogP contribution in [0, 0.1) is 0 Å². The second kappa shape index (κ2) is 6.10. The maximum absolute atomic E-state index is 11.2. The first-order valence-electron chi connectivity index (χ1n) is 5.82. The number of ether oxygens (including phenoxy) is 1. The van der Waals surface area contributed by atoms with E-state index >= 15 is 0 Å². The van der Waals surface area contributed by atoms with Crippen LogP contribution < -0.4 is 0 Å². The van der Waals surface area contributed by atoms with Gasteiger partial charge in [0.05, 0.1) is 12.4 Å². The number of rotatable bonds is 4. The monoisotopic (exact) mass is 252 g/mol. The molecule has 1 rings (SSSR count). The van der Waals surface area contributed by atoms with Gasteiger partial charge in [-0.25, -0.2) is 0 Å². The lowest BCUT2D eigenvalue weighted by molar-refractivity contribution is -0.139. The minimum atomic E-state index is -0.155. The van der Waals surface area contributed by atoms with Gasteiger partial charge in [-0.15, -0.1) is 11.8 Å². The van der Waals surface area contributed by atoms with E-state index in [9.17, 15) is 4.79 Å². The molecular formula is C14H20O2S. The molecule has 0 aliphatic carbocycles. The molecule has 0 saturated carbocycles. The summed E-state index contributed by atoms with van der Waals surface area (Å²) in [6.07, 6.45) is 0. The van der Waals surface area contributed by atoms with Crippen LogP contribution in [0.1, 0.15) is 33.3 Å². The smallest absolute Gasteiger partial charge is 0.316 e. The standard InChI is InChI=1S/C14H20O2S/c1-5-16-13(15)10-17-12-8-6-11(7-9-12)14(2,3)4/h6-9H,5,10H2,1-4H3. The molecule has 0 aromatic heterocycles. The van der Waals surface area contributed by atoms with E-state index in [4.69, 9.17) is 4.74 Å². The second-order valence-electron chi connectivity index (χ2n) is 4.87. The van der Waals surface area contributed by atoms with Gasteiger partial charge in [-0.2, -0.15) is 0 Å². The zero-order chi connectivity index (χ0) is 12.9. The van der Waals surface area contributed by atoms with Gasteiger partial charge in [-0.05, 0) is 30.0 Å². The zero-order valence-electron chi connectivity index (χ0n) is 10.9. The molecule has 1 aromatic rings. The molecule has 0 bridgehead atoms. The van der Waals surface area contributed by atoms with Gasteiger partial charge in [-0.1, -0.05) is 32.9 Å². The minimum Gasteiger partial charge on any atom is -0.465 e. The van der Waals surface area contributed by atoms with E-state index in [1.807, 2.05) is 6.92 Å². The van der Waals surface area contributed by atoms with Crippen LogP contribution in [0.5, 0.6) is 0 Å². The van der Waals surface area contributed by atoms with Crippen molar-refractivity contribution in [1.29, 1.82) is 0 Å². The van der Waals surface area contributed by atoms with Gasteiger partial charge in [0, 0.05) is 4.90 Å². The van der Waals surface area contributed by atoms with Crippen LogP contribution >= 0.6 is 11.8 Å². The summed E-state index contributed by atoms with van der Waals surface area (Å²) in [7, 11) is 0. The molecule has 0 amide bonds. The molecule has 0 N–H and O–H groups in total. The summed E-state index contributed by atoms with van der Waals surface area (Å²) in [5, 5.41) is 0. The van der Waals surface area contributed by atoms with E-state index in [1.54, 1.807) is 0 Å².